The normalized spacial score (nSPS) is 42.5. The summed E-state index contributed by atoms with van der Waals surface area (Å²) in [5.74, 6) is 0.764. The van der Waals surface area contributed by atoms with E-state index in [2.05, 4.69) is 5.32 Å². The number of fused-ring (bicyclic) bond motifs is 1. The Morgan fingerprint density at radius 1 is 1.15 bits per heavy atom. The second-order valence-corrected chi connectivity index (χ2v) is 4.59. The molecule has 0 amide bonds. The summed E-state index contributed by atoms with van der Waals surface area (Å²) in [4.78, 5) is 0. The van der Waals surface area contributed by atoms with Crippen molar-refractivity contribution in [1.82, 2.24) is 5.32 Å². The number of nitrogens with one attached hydrogen (secondary N) is 1. The minimum atomic E-state index is -0.0848. The highest BCUT2D eigenvalue weighted by Gasteiger charge is 2.47. The van der Waals surface area contributed by atoms with Gasteiger partial charge in [0.25, 0.3) is 0 Å². The summed E-state index contributed by atoms with van der Waals surface area (Å²) in [6.45, 7) is 2.44. The summed E-state index contributed by atoms with van der Waals surface area (Å²) in [7, 11) is 0. The Kier molecular flexibility index (Phi) is 1.86. The molecule has 2 saturated heterocycles. The van der Waals surface area contributed by atoms with E-state index in [4.69, 9.17) is 9.47 Å². The molecule has 0 aromatic rings. The van der Waals surface area contributed by atoms with Gasteiger partial charge in [-0.05, 0) is 18.8 Å². The topological polar surface area (TPSA) is 30.5 Å². The summed E-state index contributed by atoms with van der Waals surface area (Å²) in [5, 5.41) is 3.62. The molecule has 1 N–H and O–H groups in total. The molecule has 1 saturated carbocycles. The zero-order chi connectivity index (χ0) is 8.73. The summed E-state index contributed by atoms with van der Waals surface area (Å²) in [6.07, 6.45) is 5.44. The first kappa shape index (κ1) is 8.21. The van der Waals surface area contributed by atoms with Crippen molar-refractivity contribution in [1.29, 1.82) is 0 Å². The quantitative estimate of drug-likeness (QED) is 0.605. The maximum absolute atomic E-state index is 5.83. The van der Waals surface area contributed by atoms with Crippen LogP contribution in [0.25, 0.3) is 0 Å². The van der Waals surface area contributed by atoms with Gasteiger partial charge in [0, 0.05) is 6.04 Å². The van der Waals surface area contributed by atoms with Crippen molar-refractivity contribution in [3.05, 3.63) is 0 Å². The third-order valence-corrected chi connectivity index (χ3v) is 3.60. The van der Waals surface area contributed by atoms with Crippen LogP contribution in [0.1, 0.15) is 25.7 Å². The molecular formula is C10H17NO2. The lowest BCUT2D eigenvalue weighted by molar-refractivity contribution is -0.259. The van der Waals surface area contributed by atoms with Gasteiger partial charge < -0.3 is 9.47 Å². The van der Waals surface area contributed by atoms with Crippen LogP contribution in [0, 0.1) is 5.92 Å². The molecule has 13 heavy (non-hydrogen) atoms. The largest absolute Gasteiger partial charge is 0.372 e. The van der Waals surface area contributed by atoms with Gasteiger partial charge in [-0.2, -0.15) is 0 Å². The standard InChI is InChI=1S/C10H17NO2/c1-2-4-9-8(3-1)5-13-10(11-9)6-12-7-10/h8-9,11H,1-7H2. The molecule has 3 rings (SSSR count). The predicted octanol–water partition coefficient (Wildman–Crippen LogP) is 0.891. The SMILES string of the molecule is C1CCC2NC3(COC3)OCC2C1. The fourth-order valence-electron chi connectivity index (χ4n) is 2.70. The third kappa shape index (κ3) is 1.30. The van der Waals surface area contributed by atoms with Crippen molar-refractivity contribution >= 4 is 0 Å². The zero-order valence-electron chi connectivity index (χ0n) is 7.92. The molecule has 1 aliphatic carbocycles. The number of hydrogen-bond acceptors (Lipinski definition) is 3. The number of hydrogen-bond donors (Lipinski definition) is 1. The summed E-state index contributed by atoms with van der Waals surface area (Å²) < 4.78 is 11.0. The molecular weight excluding hydrogens is 166 g/mol. The van der Waals surface area contributed by atoms with Gasteiger partial charge >= 0.3 is 0 Å². The lowest BCUT2D eigenvalue weighted by Crippen LogP contribution is -2.70. The molecule has 0 bridgehead atoms. The van der Waals surface area contributed by atoms with Crippen LogP contribution in [0.15, 0.2) is 0 Å². The molecule has 3 nitrogen and oxygen atoms in total. The highest BCUT2D eigenvalue weighted by atomic mass is 16.6. The average Bonchev–Trinajstić information content (AvgIpc) is 2.15. The van der Waals surface area contributed by atoms with Gasteiger partial charge in [0.1, 0.15) is 0 Å². The Labute approximate surface area is 78.8 Å². The monoisotopic (exact) mass is 183 g/mol. The zero-order valence-corrected chi connectivity index (χ0v) is 7.92. The van der Waals surface area contributed by atoms with Crippen molar-refractivity contribution in [2.75, 3.05) is 19.8 Å². The van der Waals surface area contributed by atoms with E-state index in [1.54, 1.807) is 0 Å². The molecule has 74 valence electrons. The van der Waals surface area contributed by atoms with Crippen LogP contribution in [0.4, 0.5) is 0 Å². The molecule has 0 radical (unpaired) electrons. The molecule has 2 heterocycles. The van der Waals surface area contributed by atoms with Crippen molar-refractivity contribution in [2.24, 2.45) is 5.92 Å². The van der Waals surface area contributed by atoms with Gasteiger partial charge in [0.15, 0.2) is 5.72 Å². The molecule has 3 fully saturated rings. The minimum Gasteiger partial charge on any atom is -0.372 e. The second-order valence-electron chi connectivity index (χ2n) is 4.59. The van der Waals surface area contributed by atoms with E-state index in [0.717, 1.165) is 25.7 Å². The van der Waals surface area contributed by atoms with Crippen molar-refractivity contribution in [2.45, 2.75) is 37.5 Å². The predicted molar refractivity (Wildman–Crippen MR) is 48.4 cm³/mol. The van der Waals surface area contributed by atoms with Crippen LogP contribution in [-0.2, 0) is 9.47 Å². The Balaban J connectivity index is 1.69. The van der Waals surface area contributed by atoms with Gasteiger partial charge in [-0.3, -0.25) is 5.32 Å². The maximum atomic E-state index is 5.83. The lowest BCUT2D eigenvalue weighted by Gasteiger charge is -2.51. The van der Waals surface area contributed by atoms with Crippen LogP contribution in [0.2, 0.25) is 0 Å². The van der Waals surface area contributed by atoms with E-state index >= 15 is 0 Å². The van der Waals surface area contributed by atoms with E-state index < -0.39 is 0 Å². The van der Waals surface area contributed by atoms with E-state index in [-0.39, 0.29) is 5.72 Å². The summed E-state index contributed by atoms with van der Waals surface area (Å²) in [5.41, 5.74) is -0.0848. The van der Waals surface area contributed by atoms with Gasteiger partial charge in [-0.1, -0.05) is 12.8 Å². The molecule has 0 aromatic carbocycles. The van der Waals surface area contributed by atoms with E-state index in [0.29, 0.717) is 6.04 Å². The molecule has 2 unspecified atom stereocenters. The Bertz CT molecular complexity index is 203. The van der Waals surface area contributed by atoms with Crippen molar-refractivity contribution < 1.29 is 9.47 Å². The summed E-state index contributed by atoms with van der Waals surface area (Å²) in [6, 6.07) is 0.700. The Hall–Kier alpha value is -0.120. The second kappa shape index (κ2) is 2.94. The van der Waals surface area contributed by atoms with Crippen molar-refractivity contribution in [3.8, 4) is 0 Å². The first-order chi connectivity index (χ1) is 6.38. The molecule has 0 aromatic heterocycles. The van der Waals surface area contributed by atoms with Crippen LogP contribution >= 0.6 is 0 Å². The average molecular weight is 183 g/mol. The minimum absolute atomic E-state index is 0.0848. The first-order valence-electron chi connectivity index (χ1n) is 5.37. The molecule has 2 aliphatic heterocycles. The molecule has 3 aliphatic rings. The van der Waals surface area contributed by atoms with Crippen LogP contribution in [-0.4, -0.2) is 31.6 Å². The van der Waals surface area contributed by atoms with Crippen LogP contribution in [0.5, 0.6) is 0 Å². The first-order valence-corrected chi connectivity index (χ1v) is 5.37. The molecule has 3 heteroatoms. The van der Waals surface area contributed by atoms with E-state index in [1.807, 2.05) is 0 Å². The lowest BCUT2D eigenvalue weighted by atomic mass is 9.83. The smallest absolute Gasteiger partial charge is 0.166 e. The highest BCUT2D eigenvalue weighted by Crippen LogP contribution is 2.33. The van der Waals surface area contributed by atoms with Gasteiger partial charge in [-0.25, -0.2) is 0 Å². The van der Waals surface area contributed by atoms with Gasteiger partial charge in [-0.15, -0.1) is 0 Å². The van der Waals surface area contributed by atoms with E-state index in [9.17, 15) is 0 Å². The van der Waals surface area contributed by atoms with Crippen LogP contribution in [0.3, 0.4) is 0 Å². The maximum Gasteiger partial charge on any atom is 0.166 e. The summed E-state index contributed by atoms with van der Waals surface area (Å²) >= 11 is 0. The van der Waals surface area contributed by atoms with Crippen molar-refractivity contribution in [3.63, 3.8) is 0 Å². The Morgan fingerprint density at radius 2 is 2.00 bits per heavy atom. The third-order valence-electron chi connectivity index (χ3n) is 3.60. The van der Waals surface area contributed by atoms with Gasteiger partial charge in [0.2, 0.25) is 0 Å². The number of ether oxygens (including phenoxy) is 2. The molecule has 2 atom stereocenters. The van der Waals surface area contributed by atoms with Crippen LogP contribution < -0.4 is 5.32 Å². The fraction of sp³-hybridized carbons (Fsp3) is 1.00. The van der Waals surface area contributed by atoms with Gasteiger partial charge in [0.05, 0.1) is 19.8 Å². The highest BCUT2D eigenvalue weighted by molar-refractivity contribution is 4.95. The molecule has 1 spiro atoms. The van der Waals surface area contributed by atoms with E-state index in [1.165, 1.54) is 25.7 Å². The fourth-order valence-corrected chi connectivity index (χ4v) is 2.70. The Morgan fingerprint density at radius 3 is 2.77 bits per heavy atom. The number of rotatable bonds is 0.